The Kier molecular flexibility index (Phi) is 5.24. The third-order valence-corrected chi connectivity index (χ3v) is 5.85. The van der Waals surface area contributed by atoms with Crippen LogP contribution in [-0.4, -0.2) is 25.7 Å². The van der Waals surface area contributed by atoms with E-state index in [-0.39, 0.29) is 10.8 Å². The van der Waals surface area contributed by atoms with Crippen molar-refractivity contribution in [3.05, 3.63) is 78.4 Å². The molecule has 7 nitrogen and oxygen atoms in total. The summed E-state index contributed by atoms with van der Waals surface area (Å²) in [5.41, 5.74) is 2.89. The lowest BCUT2D eigenvalue weighted by atomic mass is 10.1. The van der Waals surface area contributed by atoms with Crippen LogP contribution in [0.1, 0.15) is 5.56 Å². The van der Waals surface area contributed by atoms with Crippen molar-refractivity contribution in [1.29, 1.82) is 0 Å². The van der Waals surface area contributed by atoms with Crippen LogP contribution < -0.4 is 9.46 Å². The number of aryl methyl sites for hydroxylation is 1. The summed E-state index contributed by atoms with van der Waals surface area (Å²) < 4.78 is 38.6. The van der Waals surface area contributed by atoms with Gasteiger partial charge in [0.15, 0.2) is 0 Å². The number of methoxy groups -OCH3 is 1. The van der Waals surface area contributed by atoms with Crippen LogP contribution >= 0.6 is 0 Å². The maximum Gasteiger partial charge on any atom is 0.261 e. The average molecular weight is 421 g/mol. The molecule has 1 heterocycles. The molecule has 0 aliphatic carbocycles. The first kappa shape index (κ1) is 19.7. The van der Waals surface area contributed by atoms with Crippen molar-refractivity contribution in [2.75, 3.05) is 11.8 Å². The van der Waals surface area contributed by atoms with E-state index in [0.29, 0.717) is 22.8 Å². The SMILES string of the molecule is COc1ccc(NS(=O)(=O)c2cccc(-c3nc(-c4ccc(C)cc4)no3)c2)cc1. The van der Waals surface area contributed by atoms with E-state index in [0.717, 1.165) is 11.1 Å². The Morgan fingerprint density at radius 2 is 1.67 bits per heavy atom. The number of nitrogens with zero attached hydrogens (tertiary/aromatic N) is 2. The Morgan fingerprint density at radius 1 is 0.933 bits per heavy atom. The standard InChI is InChI=1S/C22H19N3O4S/c1-15-6-8-16(9-7-15)21-23-22(29-24-21)17-4-3-5-20(14-17)30(26,27)25-18-10-12-19(28-2)13-11-18/h3-14,25H,1-2H3. The van der Waals surface area contributed by atoms with Crippen molar-refractivity contribution < 1.29 is 17.7 Å². The molecule has 0 amide bonds. The molecule has 30 heavy (non-hydrogen) atoms. The average Bonchev–Trinajstić information content (AvgIpc) is 3.25. The van der Waals surface area contributed by atoms with Gasteiger partial charge in [0.2, 0.25) is 5.82 Å². The Labute approximate surface area is 174 Å². The zero-order valence-corrected chi connectivity index (χ0v) is 17.2. The maximum absolute atomic E-state index is 12.8. The first-order chi connectivity index (χ1) is 14.4. The normalized spacial score (nSPS) is 11.3. The number of benzene rings is 3. The highest BCUT2D eigenvalue weighted by atomic mass is 32.2. The summed E-state index contributed by atoms with van der Waals surface area (Å²) in [4.78, 5) is 4.49. The lowest BCUT2D eigenvalue weighted by Gasteiger charge is -2.09. The minimum atomic E-state index is -3.79. The molecule has 0 saturated heterocycles. The van der Waals surface area contributed by atoms with E-state index in [9.17, 15) is 8.42 Å². The minimum absolute atomic E-state index is 0.0888. The van der Waals surface area contributed by atoms with Crippen LogP contribution in [0, 0.1) is 6.92 Å². The predicted molar refractivity (Wildman–Crippen MR) is 114 cm³/mol. The smallest absolute Gasteiger partial charge is 0.261 e. The number of rotatable bonds is 6. The summed E-state index contributed by atoms with van der Waals surface area (Å²) in [7, 11) is -2.25. The molecular weight excluding hydrogens is 402 g/mol. The van der Waals surface area contributed by atoms with E-state index in [2.05, 4.69) is 14.9 Å². The summed E-state index contributed by atoms with van der Waals surface area (Å²) >= 11 is 0. The molecule has 0 spiro atoms. The number of hydrogen-bond acceptors (Lipinski definition) is 6. The lowest BCUT2D eigenvalue weighted by Crippen LogP contribution is -2.12. The second-order valence-corrected chi connectivity index (χ2v) is 8.33. The molecule has 3 aromatic carbocycles. The molecule has 0 radical (unpaired) electrons. The molecule has 4 aromatic rings. The highest BCUT2D eigenvalue weighted by molar-refractivity contribution is 7.92. The first-order valence-electron chi connectivity index (χ1n) is 9.13. The largest absolute Gasteiger partial charge is 0.497 e. The number of sulfonamides is 1. The zero-order chi connectivity index (χ0) is 21.1. The van der Waals surface area contributed by atoms with Gasteiger partial charge in [0.25, 0.3) is 15.9 Å². The fourth-order valence-corrected chi connectivity index (χ4v) is 3.93. The molecule has 152 valence electrons. The number of anilines is 1. The van der Waals surface area contributed by atoms with Crippen LogP contribution in [0.25, 0.3) is 22.8 Å². The van der Waals surface area contributed by atoms with Gasteiger partial charge < -0.3 is 9.26 Å². The second-order valence-electron chi connectivity index (χ2n) is 6.65. The van der Waals surface area contributed by atoms with Gasteiger partial charge in [-0.1, -0.05) is 41.1 Å². The van der Waals surface area contributed by atoms with Crippen LogP contribution in [0.3, 0.4) is 0 Å². The van der Waals surface area contributed by atoms with Gasteiger partial charge in [-0.3, -0.25) is 4.72 Å². The van der Waals surface area contributed by atoms with E-state index < -0.39 is 10.0 Å². The van der Waals surface area contributed by atoms with E-state index in [1.807, 2.05) is 31.2 Å². The fraction of sp³-hybridized carbons (Fsp3) is 0.0909. The Bertz CT molecular complexity index is 1260. The van der Waals surface area contributed by atoms with Crippen molar-refractivity contribution in [3.63, 3.8) is 0 Å². The van der Waals surface area contributed by atoms with Crippen molar-refractivity contribution in [2.45, 2.75) is 11.8 Å². The summed E-state index contributed by atoms with van der Waals surface area (Å²) in [5.74, 6) is 1.32. The van der Waals surface area contributed by atoms with E-state index in [1.165, 1.54) is 12.1 Å². The van der Waals surface area contributed by atoms with Gasteiger partial charge in [0, 0.05) is 16.8 Å². The van der Waals surface area contributed by atoms with Crippen LogP contribution in [0.15, 0.2) is 82.2 Å². The van der Waals surface area contributed by atoms with Gasteiger partial charge in [-0.2, -0.15) is 4.98 Å². The molecule has 0 unspecified atom stereocenters. The maximum atomic E-state index is 12.8. The van der Waals surface area contributed by atoms with Gasteiger partial charge >= 0.3 is 0 Å². The van der Waals surface area contributed by atoms with Crippen molar-refractivity contribution >= 4 is 15.7 Å². The van der Waals surface area contributed by atoms with Gasteiger partial charge in [0.1, 0.15) is 5.75 Å². The Hall–Kier alpha value is -3.65. The van der Waals surface area contributed by atoms with Crippen LogP contribution in [0.4, 0.5) is 5.69 Å². The van der Waals surface area contributed by atoms with Gasteiger partial charge in [-0.05, 0) is 49.4 Å². The highest BCUT2D eigenvalue weighted by Crippen LogP contribution is 2.26. The Balaban J connectivity index is 1.59. The molecule has 1 N–H and O–H groups in total. The van der Waals surface area contributed by atoms with E-state index in [1.54, 1.807) is 43.5 Å². The zero-order valence-electron chi connectivity index (χ0n) is 16.4. The summed E-state index contributed by atoms with van der Waals surface area (Å²) in [6, 6.07) is 20.7. The molecule has 0 saturated carbocycles. The topological polar surface area (TPSA) is 94.3 Å². The number of ether oxygens (including phenoxy) is 1. The predicted octanol–water partition coefficient (Wildman–Crippen LogP) is 4.52. The molecule has 8 heteroatoms. The number of nitrogens with one attached hydrogen (secondary N) is 1. The van der Waals surface area contributed by atoms with E-state index in [4.69, 9.17) is 9.26 Å². The molecule has 4 rings (SSSR count). The second kappa shape index (κ2) is 8.00. The quantitative estimate of drug-likeness (QED) is 0.492. The molecule has 0 fully saturated rings. The third-order valence-electron chi connectivity index (χ3n) is 4.47. The monoisotopic (exact) mass is 421 g/mol. The minimum Gasteiger partial charge on any atom is -0.497 e. The van der Waals surface area contributed by atoms with E-state index >= 15 is 0 Å². The molecule has 0 atom stereocenters. The summed E-state index contributed by atoms with van der Waals surface area (Å²) in [5, 5.41) is 4.01. The van der Waals surface area contributed by atoms with Crippen LogP contribution in [-0.2, 0) is 10.0 Å². The fourth-order valence-electron chi connectivity index (χ4n) is 2.83. The first-order valence-corrected chi connectivity index (χ1v) is 10.6. The van der Waals surface area contributed by atoms with Gasteiger partial charge in [-0.25, -0.2) is 8.42 Å². The molecule has 0 bridgehead atoms. The number of aromatic nitrogens is 2. The lowest BCUT2D eigenvalue weighted by molar-refractivity contribution is 0.415. The number of hydrogen-bond donors (Lipinski definition) is 1. The van der Waals surface area contributed by atoms with Crippen molar-refractivity contribution in [2.24, 2.45) is 0 Å². The van der Waals surface area contributed by atoms with Crippen LogP contribution in [0.2, 0.25) is 0 Å². The van der Waals surface area contributed by atoms with Crippen molar-refractivity contribution in [3.8, 4) is 28.6 Å². The molecular formula is C22H19N3O4S. The van der Waals surface area contributed by atoms with Crippen LogP contribution in [0.5, 0.6) is 5.75 Å². The van der Waals surface area contributed by atoms with Gasteiger partial charge in [0.05, 0.1) is 12.0 Å². The summed E-state index contributed by atoms with van der Waals surface area (Å²) in [6.07, 6.45) is 0. The molecule has 0 aliphatic rings. The molecule has 0 aliphatic heterocycles. The van der Waals surface area contributed by atoms with Gasteiger partial charge in [-0.15, -0.1) is 0 Å². The highest BCUT2D eigenvalue weighted by Gasteiger charge is 2.17. The molecule has 1 aromatic heterocycles. The summed E-state index contributed by atoms with van der Waals surface area (Å²) in [6.45, 7) is 2.00. The Morgan fingerprint density at radius 3 is 2.37 bits per heavy atom. The third kappa shape index (κ3) is 4.18. The van der Waals surface area contributed by atoms with Crippen molar-refractivity contribution in [1.82, 2.24) is 10.1 Å².